The van der Waals surface area contributed by atoms with Crippen molar-refractivity contribution in [3.8, 4) is 0 Å². The molecule has 0 aliphatic rings. The highest BCUT2D eigenvalue weighted by molar-refractivity contribution is 7.91. The maximum Gasteiger partial charge on any atom is 0.318 e. The molecule has 1 aromatic rings. The van der Waals surface area contributed by atoms with Crippen LogP contribution in [0.4, 0.5) is 5.69 Å². The lowest BCUT2D eigenvalue weighted by atomic mass is 10.2. The summed E-state index contributed by atoms with van der Waals surface area (Å²) in [7, 11) is -3.74. The van der Waals surface area contributed by atoms with Crippen LogP contribution in [0.5, 0.6) is 0 Å². The van der Waals surface area contributed by atoms with Crippen molar-refractivity contribution in [1.82, 2.24) is 0 Å². The van der Waals surface area contributed by atoms with Crippen LogP contribution in [0.25, 0.3) is 0 Å². The van der Waals surface area contributed by atoms with Crippen LogP contribution in [0.15, 0.2) is 24.3 Å². The van der Waals surface area contributed by atoms with Crippen LogP contribution in [-0.4, -0.2) is 30.2 Å². The Balaban J connectivity index is 2.82. The largest absolute Gasteiger partial charge is 0.480 e. The molecule has 0 heterocycles. The lowest BCUT2D eigenvalue weighted by molar-refractivity contribution is -0.384. The Bertz CT molecular complexity index is 533. The highest BCUT2D eigenvalue weighted by atomic mass is 32.2. The Morgan fingerprint density at radius 3 is 2.24 bits per heavy atom. The molecule has 0 radical (unpaired) electrons. The fourth-order valence-corrected chi connectivity index (χ4v) is 2.39. The fourth-order valence-electron chi connectivity index (χ4n) is 1.21. The van der Waals surface area contributed by atoms with Crippen molar-refractivity contribution < 1.29 is 23.2 Å². The molecule has 1 rings (SSSR count). The van der Waals surface area contributed by atoms with E-state index in [9.17, 15) is 23.3 Å². The standard InChI is InChI=1S/C9H9NO6S/c11-9(12)6-17(15,16)5-7-1-3-8(4-2-7)10(13)14/h1-4H,5-6H2,(H,11,12). The van der Waals surface area contributed by atoms with Crippen LogP contribution in [0, 0.1) is 10.1 Å². The van der Waals surface area contributed by atoms with Crippen molar-refractivity contribution in [1.29, 1.82) is 0 Å². The summed E-state index contributed by atoms with van der Waals surface area (Å²) in [4.78, 5) is 20.0. The van der Waals surface area contributed by atoms with E-state index in [1.54, 1.807) is 0 Å². The number of sulfone groups is 1. The summed E-state index contributed by atoms with van der Waals surface area (Å²) >= 11 is 0. The van der Waals surface area contributed by atoms with Gasteiger partial charge in [0, 0.05) is 12.1 Å². The minimum Gasteiger partial charge on any atom is -0.480 e. The van der Waals surface area contributed by atoms with Gasteiger partial charge in [-0.2, -0.15) is 0 Å². The van der Waals surface area contributed by atoms with E-state index in [0.29, 0.717) is 5.56 Å². The molecule has 0 aliphatic heterocycles. The maximum atomic E-state index is 11.3. The number of carbonyl (C=O) groups is 1. The number of benzene rings is 1. The van der Waals surface area contributed by atoms with Crippen LogP contribution >= 0.6 is 0 Å². The summed E-state index contributed by atoms with van der Waals surface area (Å²) in [5, 5.41) is 18.7. The van der Waals surface area contributed by atoms with Crippen molar-refractivity contribution in [2.24, 2.45) is 0 Å². The van der Waals surface area contributed by atoms with E-state index < -0.39 is 32.2 Å². The van der Waals surface area contributed by atoms with E-state index in [0.717, 1.165) is 0 Å². The van der Waals surface area contributed by atoms with Crippen LogP contribution in [0.3, 0.4) is 0 Å². The van der Waals surface area contributed by atoms with Gasteiger partial charge in [0.15, 0.2) is 9.84 Å². The summed E-state index contributed by atoms with van der Waals surface area (Å²) < 4.78 is 22.6. The molecule has 0 bridgehead atoms. The number of carboxylic acids is 1. The van der Waals surface area contributed by atoms with Crippen LogP contribution in [0.1, 0.15) is 5.56 Å². The average molecular weight is 259 g/mol. The zero-order chi connectivity index (χ0) is 13.1. The topological polar surface area (TPSA) is 115 Å². The van der Waals surface area contributed by atoms with Crippen molar-refractivity contribution in [3.05, 3.63) is 39.9 Å². The first-order valence-electron chi connectivity index (χ1n) is 4.46. The third-order valence-electron chi connectivity index (χ3n) is 1.88. The number of carboxylic acid groups (broad SMARTS) is 1. The lowest BCUT2D eigenvalue weighted by Crippen LogP contribution is -2.16. The van der Waals surface area contributed by atoms with Crippen LogP contribution in [-0.2, 0) is 20.4 Å². The van der Waals surface area contributed by atoms with Gasteiger partial charge in [-0.25, -0.2) is 8.42 Å². The number of nitro groups is 1. The molecule has 7 nitrogen and oxygen atoms in total. The van der Waals surface area contributed by atoms with Crippen LogP contribution in [0.2, 0.25) is 0 Å². The van der Waals surface area contributed by atoms with Gasteiger partial charge in [-0.05, 0) is 5.56 Å². The SMILES string of the molecule is O=C(O)CS(=O)(=O)Cc1ccc([N+](=O)[O-])cc1. The van der Waals surface area contributed by atoms with Gasteiger partial charge in [-0.1, -0.05) is 12.1 Å². The van der Waals surface area contributed by atoms with Crippen molar-refractivity contribution >= 4 is 21.5 Å². The van der Waals surface area contributed by atoms with Gasteiger partial charge in [0.25, 0.3) is 5.69 Å². The first-order valence-corrected chi connectivity index (χ1v) is 6.28. The van der Waals surface area contributed by atoms with E-state index in [1.807, 2.05) is 0 Å². The molecule has 0 saturated carbocycles. The Labute approximate surface area is 96.8 Å². The number of aliphatic carboxylic acids is 1. The Morgan fingerprint density at radius 2 is 1.82 bits per heavy atom. The smallest absolute Gasteiger partial charge is 0.318 e. The van der Waals surface area contributed by atoms with E-state index >= 15 is 0 Å². The molecule has 8 heteroatoms. The number of hydrogen-bond donors (Lipinski definition) is 1. The monoisotopic (exact) mass is 259 g/mol. The first kappa shape index (κ1) is 13.1. The lowest BCUT2D eigenvalue weighted by Gasteiger charge is -2.01. The van der Waals surface area contributed by atoms with Gasteiger partial charge in [0.1, 0.15) is 5.75 Å². The molecule has 17 heavy (non-hydrogen) atoms. The van der Waals surface area contributed by atoms with Gasteiger partial charge in [0.05, 0.1) is 10.7 Å². The van der Waals surface area contributed by atoms with E-state index in [2.05, 4.69) is 0 Å². The Hall–Kier alpha value is -1.96. The summed E-state index contributed by atoms with van der Waals surface area (Å²) in [6.45, 7) is 0. The second kappa shape index (κ2) is 4.91. The Morgan fingerprint density at radius 1 is 1.29 bits per heavy atom. The number of nitro benzene ring substituents is 1. The molecule has 92 valence electrons. The molecule has 0 atom stereocenters. The van der Waals surface area contributed by atoms with Gasteiger partial charge >= 0.3 is 5.97 Å². The summed E-state index contributed by atoms with van der Waals surface area (Å²) in [6.07, 6.45) is 0. The molecule has 1 N–H and O–H groups in total. The minimum absolute atomic E-state index is 0.149. The molecular weight excluding hydrogens is 250 g/mol. The predicted molar refractivity (Wildman–Crippen MR) is 58.2 cm³/mol. The van der Waals surface area contributed by atoms with E-state index in [1.165, 1.54) is 24.3 Å². The van der Waals surface area contributed by atoms with Crippen LogP contribution < -0.4 is 0 Å². The highest BCUT2D eigenvalue weighted by Crippen LogP contribution is 2.14. The normalized spacial score (nSPS) is 11.1. The fraction of sp³-hybridized carbons (Fsp3) is 0.222. The van der Waals surface area contributed by atoms with Gasteiger partial charge in [-0.15, -0.1) is 0 Å². The quantitative estimate of drug-likeness (QED) is 0.611. The molecule has 0 saturated heterocycles. The number of non-ortho nitro benzene ring substituents is 1. The van der Waals surface area contributed by atoms with Crippen molar-refractivity contribution in [3.63, 3.8) is 0 Å². The van der Waals surface area contributed by atoms with E-state index in [-0.39, 0.29) is 5.69 Å². The third kappa shape index (κ3) is 4.19. The van der Waals surface area contributed by atoms with Crippen molar-refractivity contribution in [2.75, 3.05) is 5.75 Å². The minimum atomic E-state index is -3.74. The zero-order valence-electron chi connectivity index (χ0n) is 8.57. The van der Waals surface area contributed by atoms with Crippen molar-refractivity contribution in [2.45, 2.75) is 5.75 Å². The third-order valence-corrected chi connectivity index (χ3v) is 3.34. The van der Waals surface area contributed by atoms with Gasteiger partial charge in [0.2, 0.25) is 0 Å². The molecule has 0 amide bonds. The first-order chi connectivity index (χ1) is 7.80. The molecule has 0 spiro atoms. The summed E-state index contributed by atoms with van der Waals surface area (Å²) in [5.41, 5.74) is 0.168. The predicted octanol–water partition coefficient (Wildman–Crippen LogP) is 0.594. The van der Waals surface area contributed by atoms with E-state index in [4.69, 9.17) is 5.11 Å². The number of rotatable bonds is 5. The Kier molecular flexibility index (Phi) is 3.79. The summed E-state index contributed by atoms with van der Waals surface area (Å²) in [6, 6.07) is 4.92. The van der Waals surface area contributed by atoms with Gasteiger partial charge < -0.3 is 5.11 Å². The molecule has 0 unspecified atom stereocenters. The molecule has 0 fully saturated rings. The number of hydrogen-bond acceptors (Lipinski definition) is 5. The second-order valence-corrected chi connectivity index (χ2v) is 5.41. The molecule has 1 aromatic carbocycles. The summed E-state index contributed by atoms with van der Waals surface area (Å²) in [5.74, 6) is -2.83. The molecule has 0 aromatic heterocycles. The molecule has 0 aliphatic carbocycles. The number of nitrogens with zero attached hydrogens (tertiary/aromatic N) is 1. The highest BCUT2D eigenvalue weighted by Gasteiger charge is 2.17. The second-order valence-electron chi connectivity index (χ2n) is 3.35. The zero-order valence-corrected chi connectivity index (χ0v) is 9.38. The average Bonchev–Trinajstić information content (AvgIpc) is 2.15. The van der Waals surface area contributed by atoms with Gasteiger partial charge in [-0.3, -0.25) is 14.9 Å². The maximum absolute atomic E-state index is 11.3. The molecular formula is C9H9NO6S.